The third-order valence-electron chi connectivity index (χ3n) is 1.08. The van der Waals surface area contributed by atoms with E-state index in [0.717, 1.165) is 0 Å². The summed E-state index contributed by atoms with van der Waals surface area (Å²) in [5.41, 5.74) is 0. The summed E-state index contributed by atoms with van der Waals surface area (Å²) >= 11 is 3.89. The van der Waals surface area contributed by atoms with Gasteiger partial charge in [0.15, 0.2) is 0 Å². The van der Waals surface area contributed by atoms with Crippen LogP contribution in [-0.2, 0) is 14.3 Å². The second-order valence-corrected chi connectivity index (χ2v) is 2.47. The van der Waals surface area contributed by atoms with E-state index < -0.39 is 12.0 Å². The van der Waals surface area contributed by atoms with Gasteiger partial charge >= 0.3 is 5.97 Å². The number of thiol groups is 1. The van der Waals surface area contributed by atoms with Crippen molar-refractivity contribution in [3.05, 3.63) is 6.61 Å². The van der Waals surface area contributed by atoms with Crippen molar-refractivity contribution < 1.29 is 14.3 Å². The minimum absolute atomic E-state index is 0.228. The third-order valence-corrected chi connectivity index (χ3v) is 1.44. The molecule has 0 aliphatic heterocycles. The van der Waals surface area contributed by atoms with Crippen molar-refractivity contribution in [1.29, 1.82) is 0 Å². The van der Waals surface area contributed by atoms with Gasteiger partial charge in [-0.05, 0) is 6.92 Å². The Morgan fingerprint density at radius 3 is 2.58 bits per heavy atom. The highest BCUT2D eigenvalue weighted by Crippen LogP contribution is 1.93. The molecule has 0 spiro atoms. The summed E-state index contributed by atoms with van der Waals surface area (Å²) in [6, 6.07) is -0.665. The van der Waals surface area contributed by atoms with E-state index in [1.54, 1.807) is 6.92 Å². The molecule has 1 atom stereocenters. The largest absolute Gasteiger partial charge is 0.457 e. The molecule has 0 aliphatic carbocycles. The Kier molecular flexibility index (Phi) is 5.53. The van der Waals surface area contributed by atoms with Gasteiger partial charge in [-0.25, -0.2) is 4.79 Å². The fourth-order valence-electron chi connectivity index (χ4n) is 0.623. The zero-order valence-corrected chi connectivity index (χ0v) is 7.93. The molecule has 0 aromatic rings. The maximum absolute atomic E-state index is 11.0. The van der Waals surface area contributed by atoms with Crippen LogP contribution in [0.5, 0.6) is 0 Å². The molecule has 0 aromatic heterocycles. The van der Waals surface area contributed by atoms with Crippen LogP contribution in [0.3, 0.4) is 0 Å². The first-order chi connectivity index (χ1) is 5.61. The fraction of sp³-hybridized carbons (Fsp3) is 0.571. The normalized spacial score (nSPS) is 11.9. The van der Waals surface area contributed by atoms with Gasteiger partial charge in [0, 0.05) is 12.7 Å². The van der Waals surface area contributed by atoms with Crippen molar-refractivity contribution in [2.45, 2.75) is 19.9 Å². The quantitative estimate of drug-likeness (QED) is 0.490. The van der Waals surface area contributed by atoms with E-state index in [-0.39, 0.29) is 11.7 Å². The summed E-state index contributed by atoms with van der Waals surface area (Å²) in [7, 11) is 0. The summed E-state index contributed by atoms with van der Waals surface area (Å²) in [5.74, 6) is -0.545. The second-order valence-electron chi connectivity index (χ2n) is 2.11. The van der Waals surface area contributed by atoms with Gasteiger partial charge in [0.25, 0.3) is 0 Å². The molecule has 1 amide bonds. The number of amides is 1. The predicted molar refractivity (Wildman–Crippen MR) is 47.5 cm³/mol. The van der Waals surface area contributed by atoms with Gasteiger partial charge in [-0.3, -0.25) is 4.79 Å². The van der Waals surface area contributed by atoms with Crippen molar-refractivity contribution in [2.75, 3.05) is 5.75 Å². The smallest absolute Gasteiger partial charge is 0.329 e. The Bertz CT molecular complexity index is 172. The Morgan fingerprint density at radius 1 is 1.67 bits per heavy atom. The number of rotatable bonds is 4. The lowest BCUT2D eigenvalue weighted by molar-refractivity contribution is -0.143. The van der Waals surface area contributed by atoms with Crippen LogP contribution < -0.4 is 5.32 Å². The first kappa shape index (κ1) is 11.3. The van der Waals surface area contributed by atoms with E-state index in [4.69, 9.17) is 0 Å². The number of hydrogen-bond donors (Lipinski definition) is 2. The highest BCUT2D eigenvalue weighted by Gasteiger charge is 2.18. The summed E-state index contributed by atoms with van der Waals surface area (Å²) in [4.78, 5) is 21.6. The molecule has 5 heteroatoms. The van der Waals surface area contributed by atoms with Gasteiger partial charge in [-0.2, -0.15) is 12.6 Å². The number of carbonyl (C=O) groups is 2. The van der Waals surface area contributed by atoms with Crippen LogP contribution in [0.4, 0.5) is 0 Å². The highest BCUT2D eigenvalue weighted by molar-refractivity contribution is 7.80. The van der Waals surface area contributed by atoms with E-state index in [0.29, 0.717) is 0 Å². The number of carbonyl (C=O) groups excluding carboxylic acids is 2. The molecule has 0 saturated carbocycles. The summed E-state index contributed by atoms with van der Waals surface area (Å²) in [6.45, 7) is 4.18. The number of hydrogen-bond acceptors (Lipinski definition) is 4. The number of ether oxygens (including phenoxy) is 1. The van der Waals surface area contributed by atoms with Gasteiger partial charge < -0.3 is 10.1 Å². The molecular formula is C7H12NO3S. The first-order valence-electron chi connectivity index (χ1n) is 3.48. The standard InChI is InChI=1S/C7H12NO3S/c1-3-11-7(10)6(4-12)8-5(2)9/h3,6,12H,4H2,1-2H3,(H,8,9)/t6-/m0/s1. The molecular weight excluding hydrogens is 178 g/mol. The van der Waals surface area contributed by atoms with Crippen molar-refractivity contribution in [3.8, 4) is 0 Å². The third kappa shape index (κ3) is 4.23. The van der Waals surface area contributed by atoms with Gasteiger partial charge in [0.2, 0.25) is 5.91 Å². The summed E-state index contributed by atoms with van der Waals surface area (Å²) < 4.78 is 4.57. The molecule has 0 aromatic carbocycles. The van der Waals surface area contributed by atoms with Crippen LogP contribution in [0.1, 0.15) is 13.8 Å². The summed E-state index contributed by atoms with van der Waals surface area (Å²) in [6.07, 6.45) is 0. The minimum atomic E-state index is -0.665. The molecule has 1 radical (unpaired) electrons. The van der Waals surface area contributed by atoms with Gasteiger partial charge in [0.05, 0.1) is 0 Å². The van der Waals surface area contributed by atoms with E-state index in [1.807, 2.05) is 0 Å². The average Bonchev–Trinajstić information content (AvgIpc) is 2.00. The van der Waals surface area contributed by atoms with Crippen LogP contribution in [0, 0.1) is 6.61 Å². The SMILES string of the molecule is C[CH]OC(=O)[C@H](CS)NC(C)=O. The molecule has 69 valence electrons. The zero-order valence-electron chi connectivity index (χ0n) is 7.03. The van der Waals surface area contributed by atoms with Crippen molar-refractivity contribution in [1.82, 2.24) is 5.32 Å². The van der Waals surface area contributed by atoms with Gasteiger partial charge in [-0.1, -0.05) is 0 Å². The molecule has 1 N–H and O–H groups in total. The second kappa shape index (κ2) is 5.88. The molecule has 0 bridgehead atoms. The van der Waals surface area contributed by atoms with Crippen LogP contribution in [-0.4, -0.2) is 23.7 Å². The Labute approximate surface area is 77.1 Å². The summed E-state index contributed by atoms with van der Waals surface area (Å²) in [5, 5.41) is 2.40. The van der Waals surface area contributed by atoms with Crippen LogP contribution >= 0.6 is 12.6 Å². The minimum Gasteiger partial charge on any atom is -0.457 e. The monoisotopic (exact) mass is 190 g/mol. The molecule has 0 rings (SSSR count). The molecule has 0 heterocycles. The lowest BCUT2D eigenvalue weighted by Gasteiger charge is -2.12. The number of esters is 1. The van der Waals surface area contributed by atoms with E-state index >= 15 is 0 Å². The lowest BCUT2D eigenvalue weighted by atomic mass is 10.3. The van der Waals surface area contributed by atoms with Crippen molar-refractivity contribution in [2.24, 2.45) is 0 Å². The lowest BCUT2D eigenvalue weighted by Crippen LogP contribution is -2.41. The van der Waals surface area contributed by atoms with Crippen molar-refractivity contribution in [3.63, 3.8) is 0 Å². The molecule has 0 saturated heterocycles. The maximum atomic E-state index is 11.0. The molecule has 0 unspecified atom stereocenters. The average molecular weight is 190 g/mol. The topological polar surface area (TPSA) is 55.4 Å². The Morgan fingerprint density at radius 2 is 2.25 bits per heavy atom. The van der Waals surface area contributed by atoms with Crippen LogP contribution in [0.15, 0.2) is 0 Å². The number of nitrogens with one attached hydrogen (secondary N) is 1. The zero-order chi connectivity index (χ0) is 9.56. The van der Waals surface area contributed by atoms with E-state index in [1.165, 1.54) is 13.5 Å². The van der Waals surface area contributed by atoms with Crippen molar-refractivity contribution >= 4 is 24.5 Å². The van der Waals surface area contributed by atoms with Crippen LogP contribution in [0.25, 0.3) is 0 Å². The molecule has 0 aliphatic rings. The van der Waals surface area contributed by atoms with E-state index in [2.05, 4.69) is 22.7 Å². The first-order valence-corrected chi connectivity index (χ1v) is 4.11. The molecule has 12 heavy (non-hydrogen) atoms. The van der Waals surface area contributed by atoms with Gasteiger partial charge in [0.1, 0.15) is 12.6 Å². The Balaban J connectivity index is 3.96. The van der Waals surface area contributed by atoms with E-state index in [9.17, 15) is 9.59 Å². The molecule has 4 nitrogen and oxygen atoms in total. The van der Waals surface area contributed by atoms with Gasteiger partial charge in [-0.15, -0.1) is 0 Å². The maximum Gasteiger partial charge on any atom is 0.329 e. The highest BCUT2D eigenvalue weighted by atomic mass is 32.1. The predicted octanol–water partition coefficient (Wildman–Crippen LogP) is 0.146. The van der Waals surface area contributed by atoms with Crippen LogP contribution in [0.2, 0.25) is 0 Å². The Hall–Kier alpha value is -0.710. The fourth-order valence-corrected chi connectivity index (χ4v) is 0.863. The molecule has 0 fully saturated rings.